The molecule has 0 spiro atoms. The summed E-state index contributed by atoms with van der Waals surface area (Å²) in [6.07, 6.45) is 0.402. The fourth-order valence-electron chi connectivity index (χ4n) is 2.29. The normalized spacial score (nSPS) is 25.1. The maximum Gasteiger partial charge on any atom is 0.307 e. The zero-order chi connectivity index (χ0) is 14.5. The van der Waals surface area contributed by atoms with E-state index in [4.69, 9.17) is 14.6 Å². The number of carboxylic acids is 1. The van der Waals surface area contributed by atoms with E-state index in [1.807, 2.05) is 0 Å². The van der Waals surface area contributed by atoms with Crippen LogP contribution in [0.4, 0.5) is 5.69 Å². The topological polar surface area (TPSA) is 84.9 Å². The van der Waals surface area contributed by atoms with E-state index in [9.17, 15) is 9.59 Å². The van der Waals surface area contributed by atoms with E-state index >= 15 is 0 Å². The van der Waals surface area contributed by atoms with Gasteiger partial charge in [-0.15, -0.1) is 0 Å². The van der Waals surface area contributed by atoms with Gasteiger partial charge >= 0.3 is 5.97 Å². The maximum absolute atomic E-state index is 11.9. The lowest BCUT2D eigenvalue weighted by Crippen LogP contribution is -2.29. The van der Waals surface area contributed by atoms with Gasteiger partial charge in [0.25, 0.3) is 0 Å². The van der Waals surface area contributed by atoms with Crippen molar-refractivity contribution in [1.29, 1.82) is 0 Å². The first-order valence-electron chi connectivity index (χ1n) is 6.41. The van der Waals surface area contributed by atoms with Crippen LogP contribution in [0.15, 0.2) is 18.2 Å². The van der Waals surface area contributed by atoms with Gasteiger partial charge in [0.15, 0.2) is 11.5 Å². The van der Waals surface area contributed by atoms with Gasteiger partial charge in [-0.1, -0.05) is 0 Å². The largest absolute Gasteiger partial charge is 0.481 e. The number of fused-ring (bicyclic) bond motifs is 1. The summed E-state index contributed by atoms with van der Waals surface area (Å²) in [4.78, 5) is 22.6. The molecule has 1 fully saturated rings. The van der Waals surface area contributed by atoms with Gasteiger partial charge < -0.3 is 19.9 Å². The molecule has 0 radical (unpaired) electrons. The minimum Gasteiger partial charge on any atom is -0.481 e. The Hall–Kier alpha value is -2.24. The first-order chi connectivity index (χ1) is 9.35. The lowest BCUT2D eigenvalue weighted by Gasteiger charge is -2.16. The maximum atomic E-state index is 11.9. The summed E-state index contributed by atoms with van der Waals surface area (Å²) in [5, 5.41) is 11.5. The molecule has 1 amide bonds. The molecule has 1 aliphatic carbocycles. The van der Waals surface area contributed by atoms with E-state index in [-0.39, 0.29) is 5.91 Å². The number of aliphatic carboxylic acids is 1. The number of hydrogen-bond donors (Lipinski definition) is 2. The Morgan fingerprint density at radius 2 is 1.95 bits per heavy atom. The Morgan fingerprint density at radius 3 is 2.60 bits per heavy atom. The van der Waals surface area contributed by atoms with Crippen molar-refractivity contribution in [3.8, 4) is 11.5 Å². The van der Waals surface area contributed by atoms with E-state index in [1.54, 1.807) is 32.0 Å². The molecule has 1 saturated carbocycles. The summed E-state index contributed by atoms with van der Waals surface area (Å²) in [6, 6.07) is 5.11. The summed E-state index contributed by atoms with van der Waals surface area (Å²) in [6.45, 7) is 3.60. The fraction of sp³-hybridized carbons (Fsp3) is 0.429. The van der Waals surface area contributed by atoms with Crippen LogP contribution in [-0.2, 0) is 9.59 Å². The second-order valence-electron chi connectivity index (χ2n) is 5.54. The smallest absolute Gasteiger partial charge is 0.307 e. The number of hydrogen-bond acceptors (Lipinski definition) is 4. The third-order valence-corrected chi connectivity index (χ3v) is 3.37. The van der Waals surface area contributed by atoms with E-state index in [0.29, 0.717) is 23.6 Å². The molecule has 1 aliphatic heterocycles. The molecule has 1 aromatic rings. The molecule has 1 heterocycles. The summed E-state index contributed by atoms with van der Waals surface area (Å²) in [5.74, 6) is -1.69. The highest BCUT2D eigenvalue weighted by molar-refractivity contribution is 5.98. The van der Waals surface area contributed by atoms with Crippen LogP contribution >= 0.6 is 0 Å². The molecule has 6 heteroatoms. The number of carbonyl (C=O) groups excluding carboxylic acids is 1. The molecule has 0 bridgehead atoms. The van der Waals surface area contributed by atoms with Crippen molar-refractivity contribution in [1.82, 2.24) is 0 Å². The van der Waals surface area contributed by atoms with Gasteiger partial charge in [0.1, 0.15) is 0 Å². The van der Waals surface area contributed by atoms with Crippen LogP contribution in [0.25, 0.3) is 0 Å². The Kier molecular flexibility index (Phi) is 2.64. The molecule has 1 aromatic carbocycles. The second kappa shape index (κ2) is 4.13. The molecule has 106 valence electrons. The van der Waals surface area contributed by atoms with Gasteiger partial charge in [-0.05, 0) is 18.6 Å². The standard InChI is InChI=1S/C14H15NO5/c1-14(2)19-10-4-3-7(5-11(10)20-14)15-12(16)8-6-9(8)13(17)18/h3-5,8-9H,6H2,1-2H3,(H,15,16)(H,17,18)/t8-,9+/m1/s1. The van der Waals surface area contributed by atoms with Gasteiger partial charge in [-0.2, -0.15) is 0 Å². The van der Waals surface area contributed by atoms with Crippen molar-refractivity contribution in [3.63, 3.8) is 0 Å². The van der Waals surface area contributed by atoms with Gasteiger partial charge in [0.05, 0.1) is 11.8 Å². The Morgan fingerprint density at radius 1 is 1.25 bits per heavy atom. The Balaban J connectivity index is 1.68. The zero-order valence-corrected chi connectivity index (χ0v) is 11.2. The SMILES string of the molecule is CC1(C)Oc2ccc(NC(=O)[C@@H]3C[C@@H]3C(=O)O)cc2O1. The summed E-state index contributed by atoms with van der Waals surface area (Å²) in [5.41, 5.74) is 0.575. The highest BCUT2D eigenvalue weighted by Crippen LogP contribution is 2.42. The molecular formula is C14H15NO5. The van der Waals surface area contributed by atoms with Crippen LogP contribution < -0.4 is 14.8 Å². The van der Waals surface area contributed by atoms with E-state index in [0.717, 1.165) is 0 Å². The number of anilines is 1. The van der Waals surface area contributed by atoms with Crippen molar-refractivity contribution in [2.45, 2.75) is 26.1 Å². The molecule has 3 rings (SSSR count). The third-order valence-electron chi connectivity index (χ3n) is 3.37. The van der Waals surface area contributed by atoms with Gasteiger partial charge in [0.2, 0.25) is 11.7 Å². The summed E-state index contributed by atoms with van der Waals surface area (Å²) in [7, 11) is 0. The summed E-state index contributed by atoms with van der Waals surface area (Å²) < 4.78 is 11.1. The van der Waals surface area contributed by atoms with Crippen molar-refractivity contribution < 1.29 is 24.2 Å². The number of carbonyl (C=O) groups is 2. The quantitative estimate of drug-likeness (QED) is 0.880. The molecule has 2 aliphatic rings. The minimum absolute atomic E-state index is 0.268. The van der Waals surface area contributed by atoms with Crippen LogP contribution in [0.1, 0.15) is 20.3 Å². The minimum atomic E-state index is -0.919. The predicted octanol–water partition coefficient (Wildman–Crippen LogP) is 1.85. The molecular weight excluding hydrogens is 262 g/mol. The number of rotatable bonds is 3. The van der Waals surface area contributed by atoms with E-state index in [1.165, 1.54) is 0 Å². The van der Waals surface area contributed by atoms with Crippen LogP contribution in [0.5, 0.6) is 11.5 Å². The first-order valence-corrected chi connectivity index (χ1v) is 6.41. The van der Waals surface area contributed by atoms with E-state index < -0.39 is 23.6 Å². The molecule has 0 aromatic heterocycles. The Labute approximate surface area is 115 Å². The fourth-order valence-corrected chi connectivity index (χ4v) is 2.29. The predicted molar refractivity (Wildman–Crippen MR) is 69.6 cm³/mol. The first kappa shape index (κ1) is 12.8. The molecule has 20 heavy (non-hydrogen) atoms. The zero-order valence-electron chi connectivity index (χ0n) is 11.2. The number of benzene rings is 1. The lowest BCUT2D eigenvalue weighted by atomic mass is 10.2. The number of carboxylic acid groups (broad SMARTS) is 1. The molecule has 0 saturated heterocycles. The molecule has 2 atom stereocenters. The van der Waals surface area contributed by atoms with Gasteiger partial charge in [0, 0.05) is 25.6 Å². The van der Waals surface area contributed by atoms with Crippen molar-refractivity contribution in [2.24, 2.45) is 11.8 Å². The van der Waals surface area contributed by atoms with E-state index in [2.05, 4.69) is 5.32 Å². The highest BCUT2D eigenvalue weighted by Gasteiger charge is 2.48. The number of amides is 1. The van der Waals surface area contributed by atoms with Crippen molar-refractivity contribution in [2.75, 3.05) is 5.32 Å². The second-order valence-corrected chi connectivity index (χ2v) is 5.54. The van der Waals surface area contributed by atoms with Crippen molar-refractivity contribution >= 4 is 17.6 Å². The monoisotopic (exact) mass is 277 g/mol. The number of ether oxygens (including phenoxy) is 2. The molecule has 0 unspecified atom stereocenters. The highest BCUT2D eigenvalue weighted by atomic mass is 16.7. The van der Waals surface area contributed by atoms with Crippen LogP contribution in [0.2, 0.25) is 0 Å². The Bertz CT molecular complexity index is 595. The molecule has 2 N–H and O–H groups in total. The van der Waals surface area contributed by atoms with Crippen LogP contribution in [0, 0.1) is 11.8 Å². The third kappa shape index (κ3) is 2.29. The van der Waals surface area contributed by atoms with Gasteiger partial charge in [-0.25, -0.2) is 0 Å². The number of nitrogens with one attached hydrogen (secondary N) is 1. The van der Waals surface area contributed by atoms with Crippen LogP contribution in [-0.4, -0.2) is 22.8 Å². The lowest BCUT2D eigenvalue weighted by molar-refractivity contribution is -0.139. The summed E-state index contributed by atoms with van der Waals surface area (Å²) >= 11 is 0. The van der Waals surface area contributed by atoms with Gasteiger partial charge in [-0.3, -0.25) is 9.59 Å². The van der Waals surface area contributed by atoms with Crippen molar-refractivity contribution in [3.05, 3.63) is 18.2 Å². The average molecular weight is 277 g/mol. The van der Waals surface area contributed by atoms with Crippen LogP contribution in [0.3, 0.4) is 0 Å². The average Bonchev–Trinajstić information content (AvgIpc) is 3.07. The molecule has 6 nitrogen and oxygen atoms in total.